The van der Waals surface area contributed by atoms with Crippen molar-refractivity contribution in [3.05, 3.63) is 29.6 Å². The maximum Gasteiger partial charge on any atom is 0.228 e. The first kappa shape index (κ1) is 14.2. The second kappa shape index (κ2) is 5.81. The molecule has 0 fully saturated rings. The summed E-state index contributed by atoms with van der Waals surface area (Å²) in [6.07, 6.45) is -0.000573. The Hall–Kier alpha value is -2.24. The molecule has 6 heteroatoms. The number of rotatable bonds is 3. The fourth-order valence-corrected chi connectivity index (χ4v) is 2.04. The van der Waals surface area contributed by atoms with Gasteiger partial charge in [-0.05, 0) is 25.1 Å². The summed E-state index contributed by atoms with van der Waals surface area (Å²) in [5.74, 6) is -1.45. The van der Waals surface area contributed by atoms with E-state index in [0.717, 1.165) is 6.07 Å². The second-order valence-corrected chi connectivity index (χ2v) is 4.64. The fraction of sp³-hybridized carbons (Fsp3) is 0.357. The van der Waals surface area contributed by atoms with Crippen LogP contribution in [0.4, 0.5) is 4.39 Å². The van der Waals surface area contributed by atoms with Crippen molar-refractivity contribution in [3.63, 3.8) is 0 Å². The molecule has 1 aliphatic heterocycles. The number of Topliss-reactive ketones (excluding diaryl/α,β-unsaturated/α-hetero) is 2. The number of hydrogen-bond acceptors (Lipinski definition) is 4. The highest BCUT2D eigenvalue weighted by molar-refractivity contribution is 6.05. The van der Waals surface area contributed by atoms with E-state index in [1.54, 1.807) is 0 Å². The molecule has 2 rings (SSSR count). The van der Waals surface area contributed by atoms with Crippen LogP contribution >= 0.6 is 0 Å². The van der Waals surface area contributed by atoms with Crippen molar-refractivity contribution in [2.24, 2.45) is 0 Å². The van der Waals surface area contributed by atoms with Crippen LogP contribution in [-0.4, -0.2) is 30.1 Å². The van der Waals surface area contributed by atoms with Gasteiger partial charge in [-0.15, -0.1) is 0 Å². The minimum atomic E-state index is -0.801. The van der Waals surface area contributed by atoms with Crippen molar-refractivity contribution in [2.75, 3.05) is 6.61 Å². The van der Waals surface area contributed by atoms with Crippen LogP contribution in [0.25, 0.3) is 0 Å². The molecule has 1 N–H and O–H groups in total. The quantitative estimate of drug-likeness (QED) is 0.845. The van der Waals surface area contributed by atoms with E-state index in [-0.39, 0.29) is 30.8 Å². The first-order valence-electron chi connectivity index (χ1n) is 6.22. The van der Waals surface area contributed by atoms with Crippen LogP contribution in [0, 0.1) is 5.82 Å². The number of halogens is 1. The Bertz CT molecular complexity index is 570. The van der Waals surface area contributed by atoms with Crippen LogP contribution in [0.2, 0.25) is 0 Å². The number of ether oxygens (including phenoxy) is 1. The molecule has 1 atom stereocenters. The lowest BCUT2D eigenvalue weighted by atomic mass is 10.0. The van der Waals surface area contributed by atoms with Crippen molar-refractivity contribution >= 4 is 17.5 Å². The number of hydrogen-bond donors (Lipinski definition) is 1. The molecular formula is C14H14FNO4. The summed E-state index contributed by atoms with van der Waals surface area (Å²) in [7, 11) is 0. The standard InChI is InChI=1S/C14H14FNO4/c1-8(17)6-13(18)16-11-4-5-20-12-3-2-9(15)7-10(12)14(11)19/h2-3,7,11H,4-6H2,1H3,(H,16,18). The zero-order valence-electron chi connectivity index (χ0n) is 10.9. The largest absolute Gasteiger partial charge is 0.493 e. The summed E-state index contributed by atoms with van der Waals surface area (Å²) in [6.45, 7) is 1.53. The predicted octanol–water partition coefficient (Wildman–Crippen LogP) is 1.25. The van der Waals surface area contributed by atoms with Gasteiger partial charge in [-0.25, -0.2) is 4.39 Å². The average Bonchev–Trinajstić information content (AvgIpc) is 2.50. The number of ketones is 2. The zero-order valence-corrected chi connectivity index (χ0v) is 10.9. The smallest absolute Gasteiger partial charge is 0.228 e. The molecule has 1 aromatic rings. The predicted molar refractivity (Wildman–Crippen MR) is 68.1 cm³/mol. The third-order valence-corrected chi connectivity index (χ3v) is 2.93. The van der Waals surface area contributed by atoms with Crippen molar-refractivity contribution < 1.29 is 23.5 Å². The summed E-state index contributed by atoms with van der Waals surface area (Å²) in [5.41, 5.74) is 0.107. The molecule has 1 amide bonds. The van der Waals surface area contributed by atoms with Gasteiger partial charge in [0.1, 0.15) is 17.3 Å². The Kier molecular flexibility index (Phi) is 4.12. The summed E-state index contributed by atoms with van der Waals surface area (Å²) >= 11 is 0. The normalized spacial score (nSPS) is 17.7. The molecule has 1 aromatic carbocycles. The molecule has 0 aromatic heterocycles. The SMILES string of the molecule is CC(=O)CC(=O)NC1CCOc2ccc(F)cc2C1=O. The van der Waals surface area contributed by atoms with Gasteiger partial charge >= 0.3 is 0 Å². The van der Waals surface area contributed by atoms with E-state index in [4.69, 9.17) is 4.74 Å². The van der Waals surface area contributed by atoms with Crippen LogP contribution in [-0.2, 0) is 9.59 Å². The van der Waals surface area contributed by atoms with Gasteiger partial charge in [0.05, 0.1) is 24.6 Å². The van der Waals surface area contributed by atoms with E-state index in [1.807, 2.05) is 0 Å². The molecule has 106 valence electrons. The summed E-state index contributed by atoms with van der Waals surface area (Å²) < 4.78 is 18.6. The molecule has 20 heavy (non-hydrogen) atoms. The highest BCUT2D eigenvalue weighted by Gasteiger charge is 2.28. The van der Waals surface area contributed by atoms with Crippen molar-refractivity contribution in [3.8, 4) is 5.75 Å². The molecule has 0 aliphatic carbocycles. The van der Waals surface area contributed by atoms with Gasteiger partial charge in [-0.2, -0.15) is 0 Å². The molecule has 0 saturated heterocycles. The van der Waals surface area contributed by atoms with Gasteiger partial charge in [-0.3, -0.25) is 14.4 Å². The van der Waals surface area contributed by atoms with E-state index in [0.29, 0.717) is 5.75 Å². The third-order valence-electron chi connectivity index (χ3n) is 2.93. The fourth-order valence-electron chi connectivity index (χ4n) is 2.04. The summed E-state index contributed by atoms with van der Waals surface area (Å²) in [6, 6.07) is 2.89. The number of amides is 1. The number of fused-ring (bicyclic) bond motifs is 1. The molecule has 1 aliphatic rings. The zero-order chi connectivity index (χ0) is 14.7. The van der Waals surface area contributed by atoms with Crippen LogP contribution < -0.4 is 10.1 Å². The van der Waals surface area contributed by atoms with Gasteiger partial charge in [-0.1, -0.05) is 0 Å². The van der Waals surface area contributed by atoms with E-state index in [9.17, 15) is 18.8 Å². The Labute approximate surface area is 115 Å². The summed E-state index contributed by atoms with van der Waals surface area (Å²) in [4.78, 5) is 34.7. The van der Waals surface area contributed by atoms with Gasteiger partial charge in [0.15, 0.2) is 5.78 Å². The van der Waals surface area contributed by atoms with Gasteiger partial charge in [0, 0.05) is 6.42 Å². The molecule has 1 heterocycles. The van der Waals surface area contributed by atoms with Gasteiger partial charge < -0.3 is 10.1 Å². The first-order chi connectivity index (χ1) is 9.47. The lowest BCUT2D eigenvalue weighted by molar-refractivity contribution is -0.127. The average molecular weight is 279 g/mol. The van der Waals surface area contributed by atoms with E-state index in [2.05, 4.69) is 5.32 Å². The number of carbonyl (C=O) groups is 3. The van der Waals surface area contributed by atoms with Crippen LogP contribution in [0.3, 0.4) is 0 Å². The van der Waals surface area contributed by atoms with E-state index in [1.165, 1.54) is 19.1 Å². The maximum atomic E-state index is 13.2. The minimum Gasteiger partial charge on any atom is -0.493 e. The first-order valence-corrected chi connectivity index (χ1v) is 6.22. The molecule has 0 bridgehead atoms. The molecular weight excluding hydrogens is 265 g/mol. The highest BCUT2D eigenvalue weighted by atomic mass is 19.1. The summed E-state index contributed by atoms with van der Waals surface area (Å²) in [5, 5.41) is 2.49. The van der Waals surface area contributed by atoms with Crippen LogP contribution in [0.5, 0.6) is 5.75 Å². The number of nitrogens with one attached hydrogen (secondary N) is 1. The van der Waals surface area contributed by atoms with E-state index >= 15 is 0 Å². The van der Waals surface area contributed by atoms with Crippen molar-refractivity contribution in [2.45, 2.75) is 25.8 Å². The number of benzene rings is 1. The molecule has 1 unspecified atom stereocenters. The van der Waals surface area contributed by atoms with Gasteiger partial charge in [0.25, 0.3) is 0 Å². The van der Waals surface area contributed by atoms with Gasteiger partial charge in [0.2, 0.25) is 5.91 Å². The van der Waals surface area contributed by atoms with E-state index < -0.39 is 23.5 Å². The highest BCUT2D eigenvalue weighted by Crippen LogP contribution is 2.25. The molecule has 0 radical (unpaired) electrons. The molecule has 5 nitrogen and oxygen atoms in total. The Balaban J connectivity index is 2.18. The topological polar surface area (TPSA) is 72.5 Å². The van der Waals surface area contributed by atoms with Crippen LogP contribution in [0.15, 0.2) is 18.2 Å². The van der Waals surface area contributed by atoms with Crippen molar-refractivity contribution in [1.82, 2.24) is 5.32 Å². The Morgan fingerprint density at radius 3 is 2.90 bits per heavy atom. The lowest BCUT2D eigenvalue weighted by Crippen LogP contribution is -2.41. The second-order valence-electron chi connectivity index (χ2n) is 4.64. The maximum absolute atomic E-state index is 13.2. The Morgan fingerprint density at radius 1 is 1.45 bits per heavy atom. The molecule has 0 saturated carbocycles. The Morgan fingerprint density at radius 2 is 2.20 bits per heavy atom. The van der Waals surface area contributed by atoms with Crippen molar-refractivity contribution in [1.29, 1.82) is 0 Å². The monoisotopic (exact) mass is 279 g/mol. The molecule has 0 spiro atoms. The lowest BCUT2D eigenvalue weighted by Gasteiger charge is -2.14. The van der Waals surface area contributed by atoms with Crippen LogP contribution in [0.1, 0.15) is 30.1 Å². The minimum absolute atomic E-state index is 0.107. The number of carbonyl (C=O) groups excluding carboxylic acids is 3. The third kappa shape index (κ3) is 3.20.